The van der Waals surface area contributed by atoms with Crippen molar-refractivity contribution in [1.82, 2.24) is 8.87 Å². The van der Waals surface area contributed by atoms with Crippen LogP contribution in [0.1, 0.15) is 5.56 Å². The Morgan fingerprint density at radius 2 is 2.05 bits per heavy atom. The number of hydrogen-bond donors (Lipinski definition) is 0. The van der Waals surface area contributed by atoms with Gasteiger partial charge in [0.15, 0.2) is 5.58 Å². The zero-order valence-corrected chi connectivity index (χ0v) is 12.8. The van der Waals surface area contributed by atoms with E-state index >= 15 is 0 Å². The second kappa shape index (κ2) is 5.15. The third-order valence-electron chi connectivity index (χ3n) is 3.46. The summed E-state index contributed by atoms with van der Waals surface area (Å²) in [4.78, 5) is 11.5. The van der Waals surface area contributed by atoms with Crippen LogP contribution in [-0.4, -0.2) is 24.3 Å². The summed E-state index contributed by atoms with van der Waals surface area (Å²) < 4.78 is 37.6. The molecular formula is C14H14N2O5S. The molecule has 0 unspecified atom stereocenters. The molecule has 7 nitrogen and oxygen atoms in total. The third kappa shape index (κ3) is 2.36. The van der Waals surface area contributed by atoms with Crippen molar-refractivity contribution in [2.75, 3.05) is 7.05 Å². The van der Waals surface area contributed by atoms with Crippen molar-refractivity contribution in [3.63, 3.8) is 0 Å². The first-order valence-electron chi connectivity index (χ1n) is 6.46. The molecule has 1 aromatic carbocycles. The highest BCUT2D eigenvalue weighted by Crippen LogP contribution is 2.21. The van der Waals surface area contributed by atoms with E-state index in [9.17, 15) is 13.2 Å². The first kappa shape index (κ1) is 14.6. The van der Waals surface area contributed by atoms with Crippen molar-refractivity contribution in [1.29, 1.82) is 0 Å². The zero-order chi connectivity index (χ0) is 15.9. The maximum Gasteiger partial charge on any atom is 0.419 e. The van der Waals surface area contributed by atoms with E-state index in [-0.39, 0.29) is 17.0 Å². The molecule has 0 bridgehead atoms. The minimum Gasteiger partial charge on any atom is -0.472 e. The third-order valence-corrected chi connectivity index (χ3v) is 5.26. The van der Waals surface area contributed by atoms with Crippen molar-refractivity contribution in [3.05, 3.63) is 52.9 Å². The summed E-state index contributed by atoms with van der Waals surface area (Å²) in [7, 11) is -0.647. The van der Waals surface area contributed by atoms with Gasteiger partial charge in [0.25, 0.3) is 0 Å². The summed E-state index contributed by atoms with van der Waals surface area (Å²) in [6.07, 6.45) is 2.98. The smallest absolute Gasteiger partial charge is 0.419 e. The number of aromatic nitrogens is 1. The lowest BCUT2D eigenvalue weighted by molar-refractivity contribution is 0.463. The van der Waals surface area contributed by atoms with Crippen molar-refractivity contribution in [3.8, 4) is 0 Å². The molecule has 22 heavy (non-hydrogen) atoms. The van der Waals surface area contributed by atoms with Crippen LogP contribution in [0.25, 0.3) is 11.1 Å². The van der Waals surface area contributed by atoms with Crippen LogP contribution >= 0.6 is 0 Å². The van der Waals surface area contributed by atoms with Gasteiger partial charge >= 0.3 is 5.76 Å². The molecule has 0 spiro atoms. The van der Waals surface area contributed by atoms with E-state index in [0.29, 0.717) is 5.52 Å². The molecule has 0 aliphatic rings. The Kier molecular flexibility index (Phi) is 3.42. The van der Waals surface area contributed by atoms with Crippen molar-refractivity contribution in [2.24, 2.45) is 7.05 Å². The van der Waals surface area contributed by atoms with Gasteiger partial charge in [-0.1, -0.05) is 0 Å². The Labute approximate surface area is 126 Å². The predicted octanol–water partition coefficient (Wildman–Crippen LogP) is 1.55. The molecule has 0 saturated heterocycles. The highest BCUT2D eigenvalue weighted by molar-refractivity contribution is 7.89. The molecule has 3 aromatic rings. The van der Waals surface area contributed by atoms with Crippen LogP contribution < -0.4 is 5.76 Å². The normalized spacial score (nSPS) is 12.3. The Morgan fingerprint density at radius 1 is 1.27 bits per heavy atom. The summed E-state index contributed by atoms with van der Waals surface area (Å²) in [5.41, 5.74) is 1.53. The van der Waals surface area contributed by atoms with Gasteiger partial charge in [0, 0.05) is 32.3 Å². The lowest BCUT2D eigenvalue weighted by Crippen LogP contribution is -2.26. The van der Waals surface area contributed by atoms with Gasteiger partial charge in [0.05, 0.1) is 22.9 Å². The number of benzene rings is 1. The maximum absolute atomic E-state index is 12.6. The van der Waals surface area contributed by atoms with Crippen LogP contribution in [0.5, 0.6) is 0 Å². The van der Waals surface area contributed by atoms with Crippen LogP contribution in [0.15, 0.2) is 55.3 Å². The molecule has 2 aromatic heterocycles. The monoisotopic (exact) mass is 322 g/mol. The van der Waals surface area contributed by atoms with Gasteiger partial charge in [-0.25, -0.2) is 13.2 Å². The molecule has 0 atom stereocenters. The molecule has 3 rings (SSSR count). The SMILES string of the molecule is CN(Cc1ccoc1)S(=O)(=O)c1ccc2c(c1)oc(=O)n2C. The van der Waals surface area contributed by atoms with E-state index < -0.39 is 15.8 Å². The van der Waals surface area contributed by atoms with Crippen molar-refractivity contribution in [2.45, 2.75) is 11.4 Å². The van der Waals surface area contributed by atoms with Gasteiger partial charge in [-0.15, -0.1) is 0 Å². The van der Waals surface area contributed by atoms with Crippen LogP contribution in [-0.2, 0) is 23.6 Å². The number of nitrogens with zero attached hydrogens (tertiary/aromatic N) is 2. The fourth-order valence-corrected chi connectivity index (χ4v) is 3.35. The van der Waals surface area contributed by atoms with Crippen LogP contribution in [0.3, 0.4) is 0 Å². The lowest BCUT2D eigenvalue weighted by Gasteiger charge is -2.16. The Hall–Kier alpha value is -2.32. The first-order valence-corrected chi connectivity index (χ1v) is 7.90. The summed E-state index contributed by atoms with van der Waals surface area (Å²) in [5.74, 6) is -0.531. The van der Waals surface area contributed by atoms with Crippen LogP contribution in [0.2, 0.25) is 0 Å². The average molecular weight is 322 g/mol. The highest BCUT2D eigenvalue weighted by Gasteiger charge is 2.22. The van der Waals surface area contributed by atoms with E-state index in [1.54, 1.807) is 19.2 Å². The molecule has 0 radical (unpaired) electrons. The molecule has 116 valence electrons. The van der Waals surface area contributed by atoms with Gasteiger partial charge in [0.1, 0.15) is 0 Å². The topological polar surface area (TPSA) is 85.7 Å². The van der Waals surface area contributed by atoms with Crippen molar-refractivity contribution >= 4 is 21.1 Å². The fraction of sp³-hybridized carbons (Fsp3) is 0.214. The molecule has 0 aliphatic carbocycles. The molecular weight excluding hydrogens is 308 g/mol. The van der Waals surface area contributed by atoms with E-state index in [2.05, 4.69) is 0 Å². The summed E-state index contributed by atoms with van der Waals surface area (Å²) in [5, 5.41) is 0. The minimum atomic E-state index is -3.69. The molecule has 0 fully saturated rings. The average Bonchev–Trinajstić information content (AvgIpc) is 3.08. The molecule has 0 N–H and O–H groups in total. The molecule has 0 saturated carbocycles. The first-order chi connectivity index (χ1) is 10.4. The Morgan fingerprint density at radius 3 is 2.73 bits per heavy atom. The maximum atomic E-state index is 12.6. The van der Waals surface area contributed by atoms with Gasteiger partial charge in [-0.2, -0.15) is 4.31 Å². The Balaban J connectivity index is 1.99. The predicted molar refractivity (Wildman–Crippen MR) is 78.8 cm³/mol. The number of rotatable bonds is 4. The highest BCUT2D eigenvalue weighted by atomic mass is 32.2. The van der Waals surface area contributed by atoms with E-state index in [4.69, 9.17) is 8.83 Å². The molecule has 0 aliphatic heterocycles. The van der Waals surface area contributed by atoms with E-state index in [1.165, 1.54) is 40.6 Å². The van der Waals surface area contributed by atoms with Gasteiger partial charge in [0.2, 0.25) is 10.0 Å². The van der Waals surface area contributed by atoms with Crippen LogP contribution in [0.4, 0.5) is 0 Å². The molecule has 0 amide bonds. The minimum absolute atomic E-state index is 0.0698. The lowest BCUT2D eigenvalue weighted by atomic mass is 10.3. The largest absolute Gasteiger partial charge is 0.472 e. The summed E-state index contributed by atoms with van der Waals surface area (Å²) in [6, 6.07) is 6.07. The number of aryl methyl sites for hydroxylation is 1. The molecule has 2 heterocycles. The van der Waals surface area contributed by atoms with Gasteiger partial charge in [-0.3, -0.25) is 4.57 Å². The number of sulfonamides is 1. The quantitative estimate of drug-likeness (QED) is 0.727. The van der Waals surface area contributed by atoms with Gasteiger partial charge < -0.3 is 8.83 Å². The Bertz CT molecular complexity index is 966. The zero-order valence-electron chi connectivity index (χ0n) is 12.0. The summed E-state index contributed by atoms with van der Waals surface area (Å²) in [6.45, 7) is 0.190. The number of hydrogen-bond acceptors (Lipinski definition) is 5. The standard InChI is InChI=1S/C14H14N2O5S/c1-15(8-10-5-6-20-9-10)22(18,19)11-3-4-12-13(7-11)21-14(17)16(12)2/h3-7,9H,8H2,1-2H3. The number of fused-ring (bicyclic) bond motifs is 1. The van der Waals surface area contributed by atoms with Crippen LogP contribution in [0, 0.1) is 0 Å². The number of furan rings is 1. The van der Waals surface area contributed by atoms with Crippen molar-refractivity contribution < 1.29 is 17.3 Å². The fourth-order valence-electron chi connectivity index (χ4n) is 2.18. The summed E-state index contributed by atoms with van der Waals surface area (Å²) >= 11 is 0. The van der Waals surface area contributed by atoms with E-state index in [1.807, 2.05) is 0 Å². The van der Waals surface area contributed by atoms with E-state index in [0.717, 1.165) is 5.56 Å². The second-order valence-electron chi connectivity index (χ2n) is 4.95. The number of oxazole rings is 1. The van der Waals surface area contributed by atoms with Gasteiger partial charge in [-0.05, 0) is 18.2 Å². The second-order valence-corrected chi connectivity index (χ2v) is 6.99. The molecule has 8 heteroatoms.